The zero-order valence-corrected chi connectivity index (χ0v) is 22.5. The molecule has 0 aliphatic carbocycles. The van der Waals surface area contributed by atoms with E-state index in [-0.39, 0.29) is 17.6 Å². The van der Waals surface area contributed by atoms with Crippen molar-refractivity contribution in [2.75, 3.05) is 10.2 Å². The lowest BCUT2D eigenvalue weighted by atomic mass is 9.76. The number of anilines is 2. The molecule has 2 saturated heterocycles. The first-order valence-corrected chi connectivity index (χ1v) is 13.5. The second-order valence-corrected chi connectivity index (χ2v) is 11.3. The molecule has 2 fully saturated rings. The summed E-state index contributed by atoms with van der Waals surface area (Å²) >= 11 is 6.47. The van der Waals surface area contributed by atoms with E-state index < -0.39 is 29.3 Å². The number of hydrogen-bond acceptors (Lipinski definition) is 5. The third-order valence-corrected chi connectivity index (χ3v) is 8.85. The summed E-state index contributed by atoms with van der Waals surface area (Å²) < 4.78 is 0. The lowest BCUT2D eigenvalue weighted by Gasteiger charge is -2.29. The van der Waals surface area contributed by atoms with Crippen LogP contribution in [0.2, 0.25) is 5.02 Å². The summed E-state index contributed by atoms with van der Waals surface area (Å²) in [5.41, 5.74) is 3.30. The van der Waals surface area contributed by atoms with Crippen LogP contribution < -0.4 is 15.5 Å². The number of H-pyrrole nitrogens is 1. The Hall–Kier alpha value is -4.27. The van der Waals surface area contributed by atoms with Gasteiger partial charge in [-0.25, -0.2) is 4.90 Å². The maximum atomic E-state index is 14.2. The Balaban J connectivity index is 1.38. The van der Waals surface area contributed by atoms with E-state index in [1.165, 1.54) is 11.8 Å². The van der Waals surface area contributed by atoms with Gasteiger partial charge in [0.2, 0.25) is 17.7 Å². The zero-order valence-electron chi connectivity index (χ0n) is 21.7. The summed E-state index contributed by atoms with van der Waals surface area (Å²) in [6, 6.07) is 17.3. The Morgan fingerprint density at radius 1 is 1.02 bits per heavy atom. The number of fused-ring (bicyclic) bond motifs is 5. The first-order valence-electron chi connectivity index (χ1n) is 13.1. The number of ketones is 1. The number of carbonyl (C=O) groups is 4. The third-order valence-electron chi connectivity index (χ3n) is 8.63. The van der Waals surface area contributed by atoms with E-state index >= 15 is 0 Å². The average molecular weight is 553 g/mol. The number of carbonyl (C=O) groups excluding carboxylic acids is 4. The number of benzene rings is 3. The number of Topliss-reactive ketones (excluding diaryl/α,β-unsaturated/α-hetero) is 1. The molecule has 8 nitrogen and oxygen atoms in total. The predicted molar refractivity (Wildman–Crippen MR) is 151 cm³/mol. The first kappa shape index (κ1) is 24.7. The summed E-state index contributed by atoms with van der Waals surface area (Å²) in [6.07, 6.45) is 2.33. The molecule has 200 valence electrons. The largest absolute Gasteiger partial charge is 0.361 e. The number of hydrogen-bond donors (Lipinski definition) is 3. The summed E-state index contributed by atoms with van der Waals surface area (Å²) in [5.74, 6) is -3.11. The Kier molecular flexibility index (Phi) is 5.33. The second kappa shape index (κ2) is 8.61. The van der Waals surface area contributed by atoms with Gasteiger partial charge in [-0.15, -0.1) is 0 Å². The van der Waals surface area contributed by atoms with Crippen molar-refractivity contribution < 1.29 is 19.2 Å². The van der Waals surface area contributed by atoms with Crippen molar-refractivity contribution in [3.63, 3.8) is 0 Å². The number of nitrogens with zero attached hydrogens (tertiary/aromatic N) is 1. The number of para-hydroxylation sites is 1. The Labute approximate surface area is 234 Å². The number of aromatic nitrogens is 1. The van der Waals surface area contributed by atoms with Crippen LogP contribution in [0, 0.1) is 18.8 Å². The summed E-state index contributed by atoms with van der Waals surface area (Å²) in [4.78, 5) is 58.5. The number of amides is 3. The molecule has 3 N–H and O–H groups in total. The van der Waals surface area contributed by atoms with Crippen LogP contribution in [0.25, 0.3) is 10.9 Å². The number of aryl methyl sites for hydroxylation is 1. The van der Waals surface area contributed by atoms with Crippen molar-refractivity contribution >= 4 is 57.4 Å². The van der Waals surface area contributed by atoms with E-state index in [9.17, 15) is 19.2 Å². The smallest absolute Gasteiger partial charge is 0.250 e. The van der Waals surface area contributed by atoms with Crippen LogP contribution >= 0.6 is 11.6 Å². The van der Waals surface area contributed by atoms with Crippen molar-refractivity contribution in [1.82, 2.24) is 10.3 Å². The van der Waals surface area contributed by atoms with Gasteiger partial charge in [-0.2, -0.15) is 0 Å². The van der Waals surface area contributed by atoms with Gasteiger partial charge in [0.1, 0.15) is 5.54 Å². The number of aromatic amines is 1. The fourth-order valence-corrected chi connectivity index (χ4v) is 7.12. The monoisotopic (exact) mass is 552 g/mol. The van der Waals surface area contributed by atoms with Gasteiger partial charge in [0.15, 0.2) is 5.78 Å². The van der Waals surface area contributed by atoms with Crippen LogP contribution in [0.3, 0.4) is 0 Å². The highest BCUT2D eigenvalue weighted by Crippen LogP contribution is 2.55. The molecule has 4 atom stereocenters. The minimum absolute atomic E-state index is 0.115. The molecule has 7 rings (SSSR count). The molecular formula is C31H25ClN4O4. The maximum absolute atomic E-state index is 14.2. The summed E-state index contributed by atoms with van der Waals surface area (Å²) in [7, 11) is 0. The van der Waals surface area contributed by atoms with Gasteiger partial charge in [-0.3, -0.25) is 24.5 Å². The molecule has 3 amide bonds. The number of rotatable bonds is 4. The highest BCUT2D eigenvalue weighted by molar-refractivity contribution is 6.31. The van der Waals surface area contributed by atoms with Crippen molar-refractivity contribution in [3.8, 4) is 0 Å². The van der Waals surface area contributed by atoms with Crippen LogP contribution in [0.4, 0.5) is 11.4 Å². The quantitative estimate of drug-likeness (QED) is 0.255. The molecule has 0 radical (unpaired) electrons. The van der Waals surface area contributed by atoms with Crippen molar-refractivity contribution in [2.45, 2.75) is 31.8 Å². The fourth-order valence-electron chi connectivity index (χ4n) is 6.85. The van der Waals surface area contributed by atoms with Crippen molar-refractivity contribution in [2.24, 2.45) is 11.8 Å². The van der Waals surface area contributed by atoms with Gasteiger partial charge in [0.05, 0.1) is 17.5 Å². The van der Waals surface area contributed by atoms with E-state index in [2.05, 4.69) is 15.6 Å². The molecule has 1 aromatic heterocycles. The Morgan fingerprint density at radius 2 is 1.77 bits per heavy atom. The average Bonchev–Trinajstić information content (AvgIpc) is 3.64. The van der Waals surface area contributed by atoms with Crippen LogP contribution in [0.5, 0.6) is 0 Å². The van der Waals surface area contributed by atoms with Gasteiger partial charge >= 0.3 is 0 Å². The lowest BCUT2D eigenvalue weighted by molar-refractivity contribution is -0.130. The molecule has 4 heterocycles. The Morgan fingerprint density at radius 3 is 2.52 bits per heavy atom. The number of halogens is 1. The molecule has 1 spiro atoms. The van der Waals surface area contributed by atoms with E-state index in [1.807, 2.05) is 37.4 Å². The highest BCUT2D eigenvalue weighted by Gasteiger charge is 2.70. The molecule has 0 bridgehead atoms. The van der Waals surface area contributed by atoms with Crippen molar-refractivity contribution in [1.29, 1.82) is 0 Å². The molecule has 40 heavy (non-hydrogen) atoms. The topological polar surface area (TPSA) is 111 Å². The number of imide groups is 1. The van der Waals surface area contributed by atoms with Crippen LogP contribution in [-0.2, 0) is 26.3 Å². The molecule has 3 aliphatic heterocycles. The minimum Gasteiger partial charge on any atom is -0.361 e. The zero-order chi connectivity index (χ0) is 27.9. The molecule has 0 saturated carbocycles. The van der Waals surface area contributed by atoms with Gasteiger partial charge in [0, 0.05) is 45.0 Å². The van der Waals surface area contributed by atoms with Crippen LogP contribution in [0.15, 0.2) is 66.9 Å². The normalized spacial score (nSPS) is 25.1. The van der Waals surface area contributed by atoms with E-state index in [0.29, 0.717) is 33.9 Å². The molecule has 9 heteroatoms. The molecular weight excluding hydrogens is 528 g/mol. The van der Waals surface area contributed by atoms with E-state index in [1.54, 1.807) is 36.4 Å². The molecule has 4 aromatic rings. The molecule has 4 unspecified atom stereocenters. The first-order chi connectivity index (χ1) is 19.2. The SMILES string of the molecule is CC(=O)c1ccc(N2C(=O)C3C(Cc4c[nH]c5ccccc45)NC4(C(=O)Nc5c(C)cc(Cl)cc54)C3C2=O)cc1. The molecule has 3 aliphatic rings. The van der Waals surface area contributed by atoms with Crippen LogP contribution in [0.1, 0.15) is 34.0 Å². The standard InChI is InChI=1S/C31H25ClN4O4/c1-15-11-19(32)13-22-27(15)34-30(40)31(22)26-25(24(35-31)12-18-14-33-23-6-4-3-5-21(18)23)28(38)36(29(26)39)20-9-7-17(8-10-20)16(2)37/h3-11,13-14,24-26,33,35H,12H2,1-2H3,(H,34,40). The predicted octanol–water partition coefficient (Wildman–Crippen LogP) is 4.50. The van der Waals surface area contributed by atoms with E-state index in [0.717, 1.165) is 22.0 Å². The van der Waals surface area contributed by atoms with Gasteiger partial charge in [0.25, 0.3) is 0 Å². The van der Waals surface area contributed by atoms with Crippen LogP contribution in [-0.4, -0.2) is 34.5 Å². The van der Waals surface area contributed by atoms with Gasteiger partial charge in [-0.05, 0) is 73.9 Å². The number of nitrogens with one attached hydrogen (secondary N) is 3. The summed E-state index contributed by atoms with van der Waals surface area (Å²) in [5, 5.41) is 7.92. The lowest BCUT2D eigenvalue weighted by Crippen LogP contribution is -2.53. The third kappa shape index (κ3) is 3.29. The maximum Gasteiger partial charge on any atom is 0.250 e. The fraction of sp³-hybridized carbons (Fsp3) is 0.226. The van der Waals surface area contributed by atoms with Gasteiger partial charge < -0.3 is 10.3 Å². The van der Waals surface area contributed by atoms with Crippen molar-refractivity contribution in [3.05, 3.63) is 94.1 Å². The van der Waals surface area contributed by atoms with E-state index in [4.69, 9.17) is 11.6 Å². The highest BCUT2D eigenvalue weighted by atomic mass is 35.5. The molecule has 3 aromatic carbocycles. The van der Waals surface area contributed by atoms with Gasteiger partial charge in [-0.1, -0.05) is 29.8 Å². The second-order valence-electron chi connectivity index (χ2n) is 10.8. The Bertz CT molecular complexity index is 1780. The summed E-state index contributed by atoms with van der Waals surface area (Å²) in [6.45, 7) is 3.31. The minimum atomic E-state index is -1.47.